The highest BCUT2D eigenvalue weighted by Crippen LogP contribution is 2.26. The van der Waals surface area contributed by atoms with Gasteiger partial charge in [0.2, 0.25) is 5.09 Å². The zero-order chi connectivity index (χ0) is 19.4. The number of sulfonamides is 1. The van der Waals surface area contributed by atoms with Gasteiger partial charge in [0, 0.05) is 43.0 Å². The van der Waals surface area contributed by atoms with Crippen LogP contribution in [0.2, 0.25) is 0 Å². The first-order valence-electron chi connectivity index (χ1n) is 9.03. The summed E-state index contributed by atoms with van der Waals surface area (Å²) in [6, 6.07) is 4.79. The number of hydrogen-bond donors (Lipinski definition) is 2. The molecule has 0 aliphatic carbocycles. The van der Waals surface area contributed by atoms with Crippen molar-refractivity contribution in [3.05, 3.63) is 39.8 Å². The fraction of sp³-hybridized carbons (Fsp3) is 0.500. The van der Waals surface area contributed by atoms with Crippen LogP contribution in [-0.4, -0.2) is 57.7 Å². The summed E-state index contributed by atoms with van der Waals surface area (Å²) in [5.74, 6) is 0.409. The molecule has 0 radical (unpaired) electrons. The Kier molecular flexibility index (Phi) is 6.15. The number of morpholine rings is 1. The molecule has 8 nitrogen and oxygen atoms in total. The Morgan fingerprint density at radius 2 is 2.00 bits per heavy atom. The molecular formula is C18H25N3O5S. The molecule has 0 bridgehead atoms. The highest BCUT2D eigenvalue weighted by molar-refractivity contribution is 7.89. The summed E-state index contributed by atoms with van der Waals surface area (Å²) < 4.78 is 38.4. The minimum absolute atomic E-state index is 0.136. The molecule has 2 aromatic rings. The van der Waals surface area contributed by atoms with Crippen LogP contribution in [0, 0.1) is 6.92 Å². The van der Waals surface area contributed by atoms with Crippen LogP contribution in [0.5, 0.6) is 0 Å². The largest absolute Gasteiger partial charge is 0.443 e. The van der Waals surface area contributed by atoms with Gasteiger partial charge in [-0.1, -0.05) is 6.92 Å². The number of aryl methyl sites for hydroxylation is 2. The van der Waals surface area contributed by atoms with Gasteiger partial charge in [0.25, 0.3) is 15.6 Å². The summed E-state index contributed by atoms with van der Waals surface area (Å²) in [4.78, 5) is 16.8. The number of rotatable bonds is 7. The van der Waals surface area contributed by atoms with Crippen LogP contribution in [-0.2, 0) is 21.2 Å². The minimum atomic E-state index is -3.73. The standard InChI is InChI=1S/C18H25N3O5S/c1-3-14-12-15(13(2)20-18(14)22)16-4-5-17(26-16)27(23,24)19-6-7-21-8-10-25-11-9-21/h4-5,12,19H,3,6-11H2,1-2H3,(H,20,22). The number of pyridine rings is 1. The topological polar surface area (TPSA) is 105 Å². The Hall–Kier alpha value is -1.94. The first-order valence-corrected chi connectivity index (χ1v) is 10.5. The van der Waals surface area contributed by atoms with Gasteiger partial charge in [-0.15, -0.1) is 0 Å². The lowest BCUT2D eigenvalue weighted by Crippen LogP contribution is -2.41. The van der Waals surface area contributed by atoms with E-state index < -0.39 is 10.0 Å². The lowest BCUT2D eigenvalue weighted by atomic mass is 10.1. The van der Waals surface area contributed by atoms with Gasteiger partial charge in [0.15, 0.2) is 0 Å². The van der Waals surface area contributed by atoms with E-state index in [1.165, 1.54) is 6.07 Å². The highest BCUT2D eigenvalue weighted by Gasteiger charge is 2.21. The number of aromatic nitrogens is 1. The molecule has 0 atom stereocenters. The lowest BCUT2D eigenvalue weighted by molar-refractivity contribution is 0.0390. The second-order valence-corrected chi connectivity index (χ2v) is 8.18. The zero-order valence-corrected chi connectivity index (χ0v) is 16.4. The van der Waals surface area contributed by atoms with Crippen LogP contribution in [0.3, 0.4) is 0 Å². The summed E-state index contributed by atoms with van der Waals surface area (Å²) >= 11 is 0. The van der Waals surface area contributed by atoms with Crippen molar-refractivity contribution in [3.8, 4) is 11.3 Å². The van der Waals surface area contributed by atoms with Crippen molar-refractivity contribution in [3.63, 3.8) is 0 Å². The third-order valence-electron chi connectivity index (χ3n) is 4.63. The van der Waals surface area contributed by atoms with Crippen molar-refractivity contribution in [1.29, 1.82) is 0 Å². The van der Waals surface area contributed by atoms with Crippen molar-refractivity contribution in [1.82, 2.24) is 14.6 Å². The maximum atomic E-state index is 12.5. The van der Waals surface area contributed by atoms with Crippen molar-refractivity contribution < 1.29 is 17.6 Å². The van der Waals surface area contributed by atoms with Crippen molar-refractivity contribution in [2.24, 2.45) is 0 Å². The maximum absolute atomic E-state index is 12.5. The van der Waals surface area contributed by atoms with E-state index >= 15 is 0 Å². The van der Waals surface area contributed by atoms with Gasteiger partial charge in [-0.05, 0) is 31.5 Å². The normalized spacial score (nSPS) is 15.9. The number of H-pyrrole nitrogens is 1. The molecule has 1 fully saturated rings. The van der Waals surface area contributed by atoms with E-state index in [1.54, 1.807) is 19.1 Å². The summed E-state index contributed by atoms with van der Waals surface area (Å²) in [6.07, 6.45) is 0.581. The van der Waals surface area contributed by atoms with E-state index in [4.69, 9.17) is 9.15 Å². The molecule has 1 aliphatic heterocycles. The molecule has 0 amide bonds. The van der Waals surface area contributed by atoms with Gasteiger partial charge in [0.05, 0.1) is 13.2 Å². The van der Waals surface area contributed by atoms with Gasteiger partial charge in [0.1, 0.15) is 5.76 Å². The average molecular weight is 395 g/mol. The van der Waals surface area contributed by atoms with Crippen molar-refractivity contribution in [2.75, 3.05) is 39.4 Å². The van der Waals surface area contributed by atoms with Gasteiger partial charge in [-0.25, -0.2) is 13.1 Å². The van der Waals surface area contributed by atoms with E-state index in [2.05, 4.69) is 14.6 Å². The highest BCUT2D eigenvalue weighted by atomic mass is 32.2. The lowest BCUT2D eigenvalue weighted by Gasteiger charge is -2.26. The predicted molar refractivity (Wildman–Crippen MR) is 101 cm³/mol. The second-order valence-electron chi connectivity index (χ2n) is 6.49. The SMILES string of the molecule is CCc1cc(-c2ccc(S(=O)(=O)NCCN3CCOCC3)o2)c(C)[nH]c1=O. The predicted octanol–water partition coefficient (Wildman–Crippen LogP) is 1.12. The Morgan fingerprint density at radius 1 is 1.26 bits per heavy atom. The third kappa shape index (κ3) is 4.67. The number of hydrogen-bond acceptors (Lipinski definition) is 6. The van der Waals surface area contributed by atoms with Crippen LogP contribution in [0.1, 0.15) is 18.2 Å². The molecule has 2 aromatic heterocycles. The van der Waals surface area contributed by atoms with Gasteiger partial charge in [-0.3, -0.25) is 9.69 Å². The third-order valence-corrected chi connectivity index (χ3v) is 5.96. The zero-order valence-electron chi connectivity index (χ0n) is 15.6. The van der Waals surface area contributed by atoms with Crippen LogP contribution < -0.4 is 10.3 Å². The Balaban J connectivity index is 1.71. The second kappa shape index (κ2) is 8.39. The van der Waals surface area contributed by atoms with Crippen molar-refractivity contribution in [2.45, 2.75) is 25.4 Å². The first-order chi connectivity index (χ1) is 12.9. The number of furan rings is 1. The minimum Gasteiger partial charge on any atom is -0.443 e. The van der Waals surface area contributed by atoms with E-state index in [1.807, 2.05) is 6.92 Å². The molecule has 9 heteroatoms. The molecular weight excluding hydrogens is 370 g/mol. The van der Waals surface area contributed by atoms with Crippen LogP contribution in [0.25, 0.3) is 11.3 Å². The fourth-order valence-corrected chi connectivity index (χ4v) is 3.98. The van der Waals surface area contributed by atoms with Gasteiger partial charge < -0.3 is 14.1 Å². The quantitative estimate of drug-likeness (QED) is 0.728. The number of nitrogens with one attached hydrogen (secondary N) is 2. The molecule has 27 heavy (non-hydrogen) atoms. The molecule has 1 aliphatic rings. The molecule has 2 N–H and O–H groups in total. The summed E-state index contributed by atoms with van der Waals surface area (Å²) in [5.41, 5.74) is 1.81. The Bertz CT molecular complexity index is 942. The molecule has 0 aromatic carbocycles. The smallest absolute Gasteiger partial charge is 0.274 e. The van der Waals surface area contributed by atoms with Crippen LogP contribution in [0.4, 0.5) is 0 Å². The Labute approximate surface area is 158 Å². The van der Waals surface area contributed by atoms with E-state index in [0.717, 1.165) is 13.1 Å². The molecule has 1 saturated heterocycles. The molecule has 3 heterocycles. The monoisotopic (exact) mass is 395 g/mol. The van der Waals surface area contributed by atoms with E-state index in [0.29, 0.717) is 55.3 Å². The molecule has 0 saturated carbocycles. The average Bonchev–Trinajstić information content (AvgIpc) is 3.13. The maximum Gasteiger partial charge on any atom is 0.274 e. The van der Waals surface area contributed by atoms with E-state index in [-0.39, 0.29) is 10.7 Å². The Morgan fingerprint density at radius 3 is 2.70 bits per heavy atom. The molecule has 3 rings (SSSR count). The summed E-state index contributed by atoms with van der Waals surface area (Å²) in [7, 11) is -3.73. The summed E-state index contributed by atoms with van der Waals surface area (Å²) in [6.45, 7) is 7.52. The summed E-state index contributed by atoms with van der Waals surface area (Å²) in [5, 5.41) is -0.136. The van der Waals surface area contributed by atoms with Crippen LogP contribution in [0.15, 0.2) is 32.5 Å². The first kappa shape index (κ1) is 19.8. The molecule has 148 valence electrons. The van der Waals surface area contributed by atoms with Gasteiger partial charge in [-0.2, -0.15) is 0 Å². The van der Waals surface area contributed by atoms with Crippen LogP contribution >= 0.6 is 0 Å². The van der Waals surface area contributed by atoms with E-state index in [9.17, 15) is 13.2 Å². The molecule has 0 spiro atoms. The number of ether oxygens (including phenoxy) is 1. The van der Waals surface area contributed by atoms with Crippen molar-refractivity contribution >= 4 is 10.0 Å². The number of nitrogens with zero attached hydrogens (tertiary/aromatic N) is 1. The molecule has 0 unspecified atom stereocenters. The number of aromatic amines is 1. The fourth-order valence-electron chi connectivity index (χ4n) is 3.03. The van der Waals surface area contributed by atoms with Gasteiger partial charge >= 0.3 is 0 Å².